The van der Waals surface area contributed by atoms with Gasteiger partial charge in [0.25, 0.3) is 27.7 Å². The first-order chi connectivity index (χ1) is 26.5. The van der Waals surface area contributed by atoms with Gasteiger partial charge in [0.05, 0.1) is 26.9 Å². The van der Waals surface area contributed by atoms with Crippen LogP contribution < -0.4 is 10.0 Å². The predicted molar refractivity (Wildman–Crippen MR) is 217 cm³/mol. The first-order valence-corrected chi connectivity index (χ1v) is 21.0. The molecule has 3 amide bonds. The van der Waals surface area contributed by atoms with E-state index in [-0.39, 0.29) is 38.6 Å². The highest BCUT2D eigenvalue weighted by Crippen LogP contribution is 2.32. The van der Waals surface area contributed by atoms with Crippen molar-refractivity contribution in [3.05, 3.63) is 110 Å². The lowest BCUT2D eigenvalue weighted by Gasteiger charge is -2.29. The minimum Gasteiger partial charge on any atom is -0.384 e. The Morgan fingerprint density at radius 1 is 0.964 bits per heavy atom. The summed E-state index contributed by atoms with van der Waals surface area (Å²) >= 11 is 6.83. The van der Waals surface area contributed by atoms with Gasteiger partial charge in [-0.2, -0.15) is 5.10 Å². The molecule has 0 aliphatic carbocycles. The first-order valence-electron chi connectivity index (χ1n) is 19.2. The topological polar surface area (TPSA) is 134 Å². The van der Waals surface area contributed by atoms with Crippen LogP contribution in [0.4, 0.5) is 5.69 Å². The van der Waals surface area contributed by atoms with Crippen LogP contribution in [-0.2, 0) is 29.4 Å². The summed E-state index contributed by atoms with van der Waals surface area (Å²) < 4.78 is 31.5. The molecular formula is C42H49ClN6O5S. The zero-order valence-corrected chi connectivity index (χ0v) is 33.5. The third-order valence-corrected chi connectivity index (χ3v) is 12.1. The number of aromatic nitrogens is 2. The lowest BCUT2D eigenvalue weighted by Crippen LogP contribution is -2.37. The van der Waals surface area contributed by atoms with Gasteiger partial charge in [0, 0.05) is 44.0 Å². The molecule has 1 aromatic heterocycles. The van der Waals surface area contributed by atoms with Crippen LogP contribution >= 0.6 is 11.6 Å². The summed E-state index contributed by atoms with van der Waals surface area (Å²) in [4.78, 5) is 45.7. The van der Waals surface area contributed by atoms with E-state index in [1.54, 1.807) is 34.9 Å². The Bertz CT molecular complexity index is 2240. The second-order valence-electron chi connectivity index (χ2n) is 14.1. The number of nitrogens with zero attached hydrogens (tertiary/aromatic N) is 4. The molecule has 13 heteroatoms. The molecule has 3 heterocycles. The summed E-state index contributed by atoms with van der Waals surface area (Å²) in [5.74, 6) is -1.55. The van der Waals surface area contributed by atoms with Gasteiger partial charge in [-0.3, -0.25) is 14.4 Å². The molecule has 2 aliphatic rings. The number of amides is 3. The molecule has 0 saturated heterocycles. The largest absolute Gasteiger partial charge is 0.384 e. The van der Waals surface area contributed by atoms with E-state index in [9.17, 15) is 22.8 Å². The highest BCUT2D eigenvalue weighted by molar-refractivity contribution is 7.90. The lowest BCUT2D eigenvalue weighted by molar-refractivity contribution is 0.0732. The Hall–Kier alpha value is -4.94. The molecule has 6 rings (SSSR count). The number of nitrogens with one attached hydrogen (secondary N) is 2. The molecular weight excluding hydrogens is 736 g/mol. The van der Waals surface area contributed by atoms with E-state index >= 15 is 0 Å². The number of carbonyl (C=O) groups excluding carboxylic acids is 3. The van der Waals surface area contributed by atoms with Crippen LogP contribution in [0, 0.1) is 6.92 Å². The van der Waals surface area contributed by atoms with Crippen molar-refractivity contribution in [3.63, 3.8) is 0 Å². The molecule has 2 N–H and O–H groups in total. The lowest BCUT2D eigenvalue weighted by atomic mass is 9.98. The summed E-state index contributed by atoms with van der Waals surface area (Å²) in [7, 11) is -4.34. The van der Waals surface area contributed by atoms with Crippen molar-refractivity contribution in [3.8, 4) is 5.69 Å². The zero-order valence-electron chi connectivity index (χ0n) is 32.0. The number of hydrogen-bond donors (Lipinski definition) is 2. The van der Waals surface area contributed by atoms with E-state index < -0.39 is 15.9 Å². The van der Waals surface area contributed by atoms with Crippen LogP contribution in [0.3, 0.4) is 0 Å². The van der Waals surface area contributed by atoms with Gasteiger partial charge in [0.2, 0.25) is 0 Å². The van der Waals surface area contributed by atoms with Gasteiger partial charge >= 0.3 is 0 Å². The zero-order chi connectivity index (χ0) is 39.3. The van der Waals surface area contributed by atoms with Crippen LogP contribution in [0.1, 0.15) is 112 Å². The van der Waals surface area contributed by atoms with Gasteiger partial charge in [0.15, 0.2) is 5.69 Å². The third kappa shape index (κ3) is 8.50. The summed E-state index contributed by atoms with van der Waals surface area (Å²) in [6.45, 7) is 10.5. The summed E-state index contributed by atoms with van der Waals surface area (Å²) in [6, 6.07) is 15.8. The highest BCUT2D eigenvalue weighted by Gasteiger charge is 2.30. The van der Waals surface area contributed by atoms with Crippen LogP contribution in [0.2, 0.25) is 5.02 Å². The van der Waals surface area contributed by atoms with Gasteiger partial charge in [-0.25, -0.2) is 17.8 Å². The summed E-state index contributed by atoms with van der Waals surface area (Å²) in [6.07, 6.45) is 9.27. The summed E-state index contributed by atoms with van der Waals surface area (Å²) in [5, 5.41) is 8.09. The number of benzene rings is 3. The average molecular weight is 785 g/mol. The standard InChI is InChI=1S/C42H49ClN6O5S/c1-5-8-13-31-24-30-18-20-44-35(30)26-37(31)55(53,54)46-40(50)32-16-17-36(34(25-32)41(51)48-23-19-29-14-11-12-15-33(29)27-48)49-28(4)38(43)39(45-49)42(52)47(21-9-6-2)22-10-7-3/h8,11-17,24-26,44H,5-7,9-10,18-23,27H2,1-4H3,(H,46,50)/b13-8+. The number of anilines is 1. The maximum absolute atomic E-state index is 14.5. The first kappa shape index (κ1) is 39.7. The molecule has 2 aliphatic heterocycles. The quantitative estimate of drug-likeness (QED) is 0.135. The smallest absolute Gasteiger partial charge is 0.275 e. The highest BCUT2D eigenvalue weighted by atomic mass is 35.5. The Balaban J connectivity index is 1.39. The Kier molecular flexibility index (Phi) is 12.5. The number of halogens is 1. The molecule has 0 radical (unpaired) electrons. The van der Waals surface area contributed by atoms with Crippen molar-refractivity contribution in [2.75, 3.05) is 31.5 Å². The number of allylic oxidation sites excluding steroid dienone is 1. The van der Waals surface area contributed by atoms with E-state index in [0.717, 1.165) is 48.8 Å². The number of carbonyl (C=O) groups is 3. The van der Waals surface area contributed by atoms with Crippen molar-refractivity contribution in [2.45, 2.75) is 84.1 Å². The minimum absolute atomic E-state index is 0.0236. The fourth-order valence-electron chi connectivity index (χ4n) is 7.08. The summed E-state index contributed by atoms with van der Waals surface area (Å²) in [5.41, 5.74) is 5.32. The Morgan fingerprint density at radius 2 is 1.69 bits per heavy atom. The molecule has 0 atom stereocenters. The number of fused-ring (bicyclic) bond motifs is 2. The molecule has 3 aromatic carbocycles. The molecule has 0 spiro atoms. The van der Waals surface area contributed by atoms with Crippen LogP contribution in [-0.4, -0.2) is 71.9 Å². The molecule has 0 bridgehead atoms. The fraction of sp³-hybridized carbons (Fsp3) is 0.381. The SMILES string of the molecule is CC/C=C/c1cc2c(cc1S(=O)(=O)NC(=O)c1ccc(-n3nc(C(=O)N(CCCC)CCCC)c(Cl)c3C)c(C(=O)N3CCc4ccccc4C3)c1)NCC2. The Labute approximate surface area is 328 Å². The molecule has 0 fully saturated rings. The van der Waals surface area contributed by atoms with Crippen LogP contribution in [0.25, 0.3) is 11.8 Å². The number of sulfonamides is 1. The van der Waals surface area contributed by atoms with Gasteiger partial charge in [-0.15, -0.1) is 0 Å². The van der Waals surface area contributed by atoms with E-state index in [1.165, 1.54) is 16.8 Å². The van der Waals surface area contributed by atoms with Gasteiger partial charge in [-0.05, 0) is 91.6 Å². The second kappa shape index (κ2) is 17.2. The minimum atomic E-state index is -4.34. The van der Waals surface area contributed by atoms with Crippen molar-refractivity contribution in [2.24, 2.45) is 0 Å². The maximum Gasteiger partial charge on any atom is 0.275 e. The number of unbranched alkanes of at least 4 members (excludes halogenated alkanes) is 2. The van der Waals surface area contributed by atoms with Crippen molar-refractivity contribution < 1.29 is 22.8 Å². The van der Waals surface area contributed by atoms with Gasteiger partial charge in [0.1, 0.15) is 0 Å². The van der Waals surface area contributed by atoms with E-state index in [0.29, 0.717) is 68.2 Å². The molecule has 0 unspecified atom stereocenters. The monoisotopic (exact) mass is 784 g/mol. The van der Waals surface area contributed by atoms with Gasteiger partial charge < -0.3 is 15.1 Å². The molecule has 11 nitrogen and oxygen atoms in total. The van der Waals surface area contributed by atoms with E-state index in [4.69, 9.17) is 16.7 Å². The number of hydrogen-bond acceptors (Lipinski definition) is 7. The molecule has 4 aromatic rings. The van der Waals surface area contributed by atoms with Crippen molar-refractivity contribution >= 4 is 51.1 Å². The van der Waals surface area contributed by atoms with E-state index in [2.05, 4.69) is 23.9 Å². The fourth-order valence-corrected chi connectivity index (χ4v) is 8.46. The van der Waals surface area contributed by atoms with Gasteiger partial charge in [-0.1, -0.05) is 81.6 Å². The maximum atomic E-state index is 14.5. The predicted octanol–water partition coefficient (Wildman–Crippen LogP) is 7.58. The second-order valence-corrected chi connectivity index (χ2v) is 16.1. The van der Waals surface area contributed by atoms with Crippen molar-refractivity contribution in [1.82, 2.24) is 24.3 Å². The molecule has 55 heavy (non-hydrogen) atoms. The number of rotatable bonds is 14. The third-order valence-electron chi connectivity index (χ3n) is 10.2. The van der Waals surface area contributed by atoms with E-state index in [1.807, 2.05) is 43.3 Å². The normalized spacial score (nSPS) is 13.7. The molecule has 290 valence electrons. The Morgan fingerprint density at radius 3 is 2.40 bits per heavy atom. The average Bonchev–Trinajstić information content (AvgIpc) is 3.78. The van der Waals surface area contributed by atoms with Crippen LogP contribution in [0.15, 0.2) is 65.6 Å². The van der Waals surface area contributed by atoms with Crippen LogP contribution in [0.5, 0.6) is 0 Å². The molecule has 0 saturated carbocycles. The van der Waals surface area contributed by atoms with Crippen molar-refractivity contribution in [1.29, 1.82) is 0 Å².